The highest BCUT2D eigenvalue weighted by atomic mass is 16.5. The van der Waals surface area contributed by atoms with E-state index in [1.807, 2.05) is 6.92 Å². The number of nitrogens with one attached hydrogen (secondary N) is 2. The molecule has 0 aromatic carbocycles. The maximum atomic E-state index is 13.4. The minimum absolute atomic E-state index is 0.0673. The molecule has 1 spiro atoms. The van der Waals surface area contributed by atoms with Crippen molar-refractivity contribution in [2.24, 2.45) is 5.92 Å². The van der Waals surface area contributed by atoms with Crippen molar-refractivity contribution < 1.29 is 19.1 Å². The zero-order valence-corrected chi connectivity index (χ0v) is 17.1. The van der Waals surface area contributed by atoms with Crippen LogP contribution in [0.15, 0.2) is 0 Å². The van der Waals surface area contributed by atoms with E-state index in [0.717, 1.165) is 12.8 Å². The van der Waals surface area contributed by atoms with Crippen LogP contribution in [0.3, 0.4) is 0 Å². The normalized spacial score (nSPS) is 38.4. The molecule has 5 atom stereocenters. The van der Waals surface area contributed by atoms with Gasteiger partial charge in [-0.1, -0.05) is 20.8 Å². The molecule has 5 unspecified atom stereocenters. The Morgan fingerprint density at radius 1 is 1.31 bits per heavy atom. The third-order valence-electron chi connectivity index (χ3n) is 6.47. The second-order valence-electron chi connectivity index (χ2n) is 8.45. The van der Waals surface area contributed by atoms with E-state index in [1.54, 1.807) is 6.92 Å². The van der Waals surface area contributed by atoms with Gasteiger partial charge in [0.25, 0.3) is 5.91 Å². The summed E-state index contributed by atoms with van der Waals surface area (Å²) >= 11 is 0. The highest BCUT2D eigenvalue weighted by molar-refractivity contribution is 6.07. The Hall–Kier alpha value is -1.63. The smallest absolute Gasteiger partial charge is 0.325 e. The van der Waals surface area contributed by atoms with Crippen molar-refractivity contribution in [2.75, 3.05) is 6.54 Å². The van der Waals surface area contributed by atoms with E-state index < -0.39 is 23.6 Å². The van der Waals surface area contributed by atoms with Gasteiger partial charge in [-0.05, 0) is 40.0 Å². The Bertz CT molecular complexity index is 610. The molecular weight excluding hydrogens is 334 g/mol. The van der Waals surface area contributed by atoms with Crippen molar-refractivity contribution in [3.63, 3.8) is 0 Å². The molecule has 26 heavy (non-hydrogen) atoms. The van der Waals surface area contributed by atoms with E-state index in [4.69, 9.17) is 4.74 Å². The summed E-state index contributed by atoms with van der Waals surface area (Å²) < 4.78 is 5.11. The number of amides is 3. The maximum absolute atomic E-state index is 13.4. The Morgan fingerprint density at radius 3 is 2.42 bits per heavy atom. The van der Waals surface area contributed by atoms with E-state index in [0.29, 0.717) is 6.42 Å². The molecule has 2 rings (SSSR count). The summed E-state index contributed by atoms with van der Waals surface area (Å²) in [4.78, 5) is 38.4. The molecule has 0 bridgehead atoms. The number of carbonyl (C=O) groups is 3. The molecule has 3 amide bonds. The second kappa shape index (κ2) is 6.83. The molecule has 0 saturated carbocycles. The molecule has 0 aliphatic carbocycles. The minimum atomic E-state index is -0.937. The Balaban J connectivity index is 2.36. The number of hydrogen-bond donors (Lipinski definition) is 2. The average molecular weight is 367 g/mol. The first-order valence-corrected chi connectivity index (χ1v) is 9.53. The fraction of sp³-hybridized carbons (Fsp3) is 0.842. The summed E-state index contributed by atoms with van der Waals surface area (Å²) in [5.41, 5.74) is -1.46. The second-order valence-corrected chi connectivity index (χ2v) is 8.45. The summed E-state index contributed by atoms with van der Waals surface area (Å²) in [6.45, 7) is 13.5. The number of carbonyl (C=O) groups excluding carboxylic acids is 3. The third-order valence-corrected chi connectivity index (χ3v) is 6.47. The Morgan fingerprint density at radius 2 is 1.92 bits per heavy atom. The molecule has 2 saturated heterocycles. The molecule has 2 aliphatic rings. The van der Waals surface area contributed by atoms with Crippen LogP contribution in [-0.2, 0) is 14.3 Å². The number of imide groups is 1. The summed E-state index contributed by atoms with van der Waals surface area (Å²) in [5, 5.41) is 6.75. The van der Waals surface area contributed by atoms with Gasteiger partial charge in [0, 0.05) is 23.9 Å². The van der Waals surface area contributed by atoms with Gasteiger partial charge >= 0.3 is 12.0 Å². The van der Waals surface area contributed by atoms with Gasteiger partial charge in [0.1, 0.15) is 11.6 Å². The topological polar surface area (TPSA) is 87.7 Å². The van der Waals surface area contributed by atoms with Crippen LogP contribution in [0.1, 0.15) is 67.7 Å². The SMILES string of the molecule is CCC1(C)CC2(NC(=O)N(CC(C)OC(C)=O)C2=O)C(C)C(C)(CC)N1. The number of rotatable bonds is 5. The zero-order chi connectivity index (χ0) is 19.9. The predicted octanol–water partition coefficient (Wildman–Crippen LogP) is 2.20. The summed E-state index contributed by atoms with van der Waals surface area (Å²) in [5.74, 6) is -0.716. The monoisotopic (exact) mass is 367 g/mol. The fourth-order valence-corrected chi connectivity index (χ4v) is 4.56. The largest absolute Gasteiger partial charge is 0.461 e. The molecule has 2 heterocycles. The number of esters is 1. The number of nitrogens with zero attached hydrogens (tertiary/aromatic N) is 1. The first kappa shape index (κ1) is 20.7. The molecule has 0 aromatic heterocycles. The van der Waals surface area contributed by atoms with Crippen LogP contribution in [0.2, 0.25) is 0 Å². The zero-order valence-electron chi connectivity index (χ0n) is 17.1. The minimum Gasteiger partial charge on any atom is -0.461 e. The lowest BCUT2D eigenvalue weighted by molar-refractivity contribution is -0.149. The summed E-state index contributed by atoms with van der Waals surface area (Å²) in [6.07, 6.45) is 1.70. The standard InChI is InChI=1S/C19H33N3O4/c1-8-17(6)11-19(13(4)18(7,9-2)21-17)15(24)22(16(25)20-19)10-12(3)26-14(5)23/h12-13,21H,8-11H2,1-7H3,(H,20,25). The van der Waals surface area contributed by atoms with Crippen LogP contribution in [0, 0.1) is 5.92 Å². The van der Waals surface area contributed by atoms with Gasteiger partial charge in [-0.3, -0.25) is 14.5 Å². The highest BCUT2D eigenvalue weighted by Gasteiger charge is 2.63. The number of piperidine rings is 1. The first-order valence-electron chi connectivity index (χ1n) is 9.53. The van der Waals surface area contributed by atoms with Crippen LogP contribution < -0.4 is 10.6 Å². The van der Waals surface area contributed by atoms with E-state index in [1.165, 1.54) is 11.8 Å². The van der Waals surface area contributed by atoms with Crippen LogP contribution in [0.4, 0.5) is 4.79 Å². The molecular formula is C19H33N3O4. The molecule has 2 N–H and O–H groups in total. The van der Waals surface area contributed by atoms with Gasteiger partial charge in [-0.15, -0.1) is 0 Å². The van der Waals surface area contributed by atoms with Gasteiger partial charge in [-0.25, -0.2) is 4.79 Å². The van der Waals surface area contributed by atoms with Crippen LogP contribution >= 0.6 is 0 Å². The maximum Gasteiger partial charge on any atom is 0.325 e. The molecule has 0 aromatic rings. The van der Waals surface area contributed by atoms with E-state index in [-0.39, 0.29) is 29.4 Å². The molecule has 0 radical (unpaired) electrons. The fourth-order valence-electron chi connectivity index (χ4n) is 4.56. The van der Waals surface area contributed by atoms with E-state index in [9.17, 15) is 14.4 Å². The van der Waals surface area contributed by atoms with Gasteiger partial charge < -0.3 is 15.4 Å². The van der Waals surface area contributed by atoms with Crippen LogP contribution in [0.5, 0.6) is 0 Å². The van der Waals surface area contributed by atoms with Crippen molar-refractivity contribution in [1.29, 1.82) is 0 Å². The lowest BCUT2D eigenvalue weighted by atomic mass is 9.61. The predicted molar refractivity (Wildman–Crippen MR) is 98.5 cm³/mol. The van der Waals surface area contributed by atoms with E-state index >= 15 is 0 Å². The average Bonchev–Trinajstić information content (AvgIpc) is 2.77. The lowest BCUT2D eigenvalue weighted by Gasteiger charge is -2.56. The van der Waals surface area contributed by atoms with Gasteiger partial charge in [0.15, 0.2) is 0 Å². The van der Waals surface area contributed by atoms with Crippen molar-refractivity contribution in [3.8, 4) is 0 Å². The molecule has 2 aliphatic heterocycles. The molecule has 7 nitrogen and oxygen atoms in total. The van der Waals surface area contributed by atoms with Crippen molar-refractivity contribution in [1.82, 2.24) is 15.5 Å². The van der Waals surface area contributed by atoms with E-state index in [2.05, 4.69) is 38.3 Å². The van der Waals surface area contributed by atoms with Crippen LogP contribution in [-0.4, -0.2) is 52.1 Å². The Labute approximate surface area is 156 Å². The molecule has 7 heteroatoms. The first-order chi connectivity index (χ1) is 11.9. The van der Waals surface area contributed by atoms with Gasteiger partial charge in [-0.2, -0.15) is 0 Å². The summed E-state index contributed by atoms with van der Waals surface area (Å²) in [6, 6.07) is -0.403. The van der Waals surface area contributed by atoms with Crippen molar-refractivity contribution >= 4 is 17.9 Å². The number of urea groups is 1. The van der Waals surface area contributed by atoms with Crippen molar-refractivity contribution in [2.45, 2.75) is 90.4 Å². The summed E-state index contributed by atoms with van der Waals surface area (Å²) in [7, 11) is 0. The quantitative estimate of drug-likeness (QED) is 0.574. The van der Waals surface area contributed by atoms with Gasteiger partial charge in [0.2, 0.25) is 0 Å². The van der Waals surface area contributed by atoms with Crippen molar-refractivity contribution in [3.05, 3.63) is 0 Å². The lowest BCUT2D eigenvalue weighted by Crippen LogP contribution is -2.74. The number of ether oxygens (including phenoxy) is 1. The number of hydrogen-bond acceptors (Lipinski definition) is 5. The third kappa shape index (κ3) is 3.33. The molecule has 148 valence electrons. The molecule has 2 fully saturated rings. The Kier molecular flexibility index (Phi) is 5.43. The van der Waals surface area contributed by atoms with Crippen LogP contribution in [0.25, 0.3) is 0 Å². The highest BCUT2D eigenvalue weighted by Crippen LogP contribution is 2.46. The van der Waals surface area contributed by atoms with Gasteiger partial charge in [0.05, 0.1) is 6.54 Å².